The molecule has 0 fully saturated rings. The Morgan fingerprint density at radius 2 is 2.50 bits per heavy atom. The highest BCUT2D eigenvalue weighted by atomic mass is 16.5. The topological polar surface area (TPSA) is 21.3 Å². The molecule has 1 unspecified atom stereocenters. The Bertz CT molecular complexity index is 220. The Hall–Kier alpha value is -0.600. The third-order valence-corrected chi connectivity index (χ3v) is 2.63. The van der Waals surface area contributed by atoms with Gasteiger partial charge in [0.05, 0.1) is 12.1 Å². The summed E-state index contributed by atoms with van der Waals surface area (Å²) in [6.07, 6.45) is 9.35. The number of allylic oxidation sites excluding steroid dienone is 1. The standard InChI is InChI=1S/C10H15NO/c1-12-9-6-2-4-8-5-3-7-11-10(8)9/h3-5,9-11H,2,6-7H2,1H3/t9?,10-/m1/s1. The SMILES string of the molecule is COC1CCC=C2C=CCN[C@H]21. The minimum Gasteiger partial charge on any atom is -0.379 e. The quantitative estimate of drug-likeness (QED) is 0.631. The average Bonchev–Trinajstić information content (AvgIpc) is 2.17. The van der Waals surface area contributed by atoms with Crippen LogP contribution in [0, 0.1) is 0 Å². The van der Waals surface area contributed by atoms with Gasteiger partial charge in [0.1, 0.15) is 0 Å². The Balaban J connectivity index is 2.18. The predicted octanol–water partition coefficient (Wildman–Crippen LogP) is 1.25. The van der Waals surface area contributed by atoms with Crippen molar-refractivity contribution in [2.45, 2.75) is 25.0 Å². The molecule has 1 aliphatic heterocycles. The molecule has 2 rings (SSSR count). The molecular formula is C10H15NO. The van der Waals surface area contributed by atoms with Crippen LogP contribution in [-0.2, 0) is 4.74 Å². The molecule has 2 aliphatic rings. The minimum absolute atomic E-state index is 0.370. The zero-order chi connectivity index (χ0) is 8.39. The summed E-state index contributed by atoms with van der Waals surface area (Å²) in [5.74, 6) is 0. The van der Waals surface area contributed by atoms with Crippen LogP contribution in [0.25, 0.3) is 0 Å². The molecule has 12 heavy (non-hydrogen) atoms. The van der Waals surface area contributed by atoms with Crippen molar-refractivity contribution in [3.63, 3.8) is 0 Å². The Labute approximate surface area is 73.3 Å². The van der Waals surface area contributed by atoms with Crippen molar-refractivity contribution in [2.75, 3.05) is 13.7 Å². The maximum Gasteiger partial charge on any atom is 0.0768 e. The van der Waals surface area contributed by atoms with Gasteiger partial charge in [0.2, 0.25) is 0 Å². The van der Waals surface area contributed by atoms with Crippen LogP contribution in [-0.4, -0.2) is 25.8 Å². The van der Waals surface area contributed by atoms with Crippen molar-refractivity contribution in [3.8, 4) is 0 Å². The molecular weight excluding hydrogens is 150 g/mol. The second-order valence-electron chi connectivity index (χ2n) is 3.34. The Kier molecular flexibility index (Phi) is 2.28. The van der Waals surface area contributed by atoms with Crippen molar-refractivity contribution in [3.05, 3.63) is 23.8 Å². The smallest absolute Gasteiger partial charge is 0.0768 e. The molecule has 1 heterocycles. The number of methoxy groups -OCH3 is 1. The lowest BCUT2D eigenvalue weighted by Gasteiger charge is -2.33. The molecule has 2 atom stereocenters. The summed E-state index contributed by atoms with van der Waals surface area (Å²) in [6.45, 7) is 0.974. The highest BCUT2D eigenvalue weighted by molar-refractivity contribution is 5.31. The number of hydrogen-bond donors (Lipinski definition) is 1. The molecule has 2 nitrogen and oxygen atoms in total. The van der Waals surface area contributed by atoms with Gasteiger partial charge in [-0.2, -0.15) is 0 Å². The Morgan fingerprint density at radius 3 is 3.33 bits per heavy atom. The molecule has 0 radical (unpaired) electrons. The molecule has 0 saturated heterocycles. The maximum atomic E-state index is 5.42. The van der Waals surface area contributed by atoms with E-state index in [1.54, 1.807) is 7.11 Å². The van der Waals surface area contributed by atoms with Crippen LogP contribution in [0.5, 0.6) is 0 Å². The lowest BCUT2D eigenvalue weighted by Crippen LogP contribution is -2.45. The van der Waals surface area contributed by atoms with E-state index in [9.17, 15) is 0 Å². The molecule has 0 bridgehead atoms. The molecule has 0 aromatic carbocycles. The number of fused-ring (bicyclic) bond motifs is 1. The lowest BCUT2D eigenvalue weighted by molar-refractivity contribution is 0.0695. The van der Waals surface area contributed by atoms with Crippen molar-refractivity contribution < 1.29 is 4.74 Å². The number of ether oxygens (including phenoxy) is 1. The van der Waals surface area contributed by atoms with Crippen LogP contribution in [0.4, 0.5) is 0 Å². The van der Waals surface area contributed by atoms with Crippen molar-refractivity contribution >= 4 is 0 Å². The van der Waals surface area contributed by atoms with Crippen LogP contribution < -0.4 is 5.32 Å². The van der Waals surface area contributed by atoms with Gasteiger partial charge in [0.15, 0.2) is 0 Å². The highest BCUT2D eigenvalue weighted by Gasteiger charge is 2.27. The van der Waals surface area contributed by atoms with E-state index in [1.165, 1.54) is 5.57 Å². The van der Waals surface area contributed by atoms with Crippen LogP contribution >= 0.6 is 0 Å². The molecule has 2 heteroatoms. The van der Waals surface area contributed by atoms with Gasteiger partial charge in [-0.15, -0.1) is 0 Å². The summed E-state index contributed by atoms with van der Waals surface area (Å²) >= 11 is 0. The van der Waals surface area contributed by atoms with Gasteiger partial charge in [-0.1, -0.05) is 18.2 Å². The first-order chi connectivity index (χ1) is 5.92. The lowest BCUT2D eigenvalue weighted by atomic mass is 9.89. The first-order valence-electron chi connectivity index (χ1n) is 4.54. The molecule has 0 aromatic heterocycles. The fraction of sp³-hybridized carbons (Fsp3) is 0.600. The van der Waals surface area contributed by atoms with Crippen LogP contribution in [0.3, 0.4) is 0 Å². The van der Waals surface area contributed by atoms with Gasteiger partial charge in [-0.25, -0.2) is 0 Å². The second kappa shape index (κ2) is 3.42. The summed E-state index contributed by atoms with van der Waals surface area (Å²) < 4.78 is 5.42. The van der Waals surface area contributed by atoms with E-state index in [1.807, 2.05) is 0 Å². The third-order valence-electron chi connectivity index (χ3n) is 2.63. The Morgan fingerprint density at radius 1 is 1.58 bits per heavy atom. The van der Waals surface area contributed by atoms with Crippen LogP contribution in [0.1, 0.15) is 12.8 Å². The van der Waals surface area contributed by atoms with Gasteiger partial charge in [0, 0.05) is 13.7 Å². The molecule has 0 spiro atoms. The summed E-state index contributed by atoms with van der Waals surface area (Å²) in [7, 11) is 1.80. The molecule has 0 saturated carbocycles. The van der Waals surface area contributed by atoms with E-state index >= 15 is 0 Å². The van der Waals surface area contributed by atoms with Crippen molar-refractivity contribution in [1.82, 2.24) is 5.32 Å². The van der Waals surface area contributed by atoms with Gasteiger partial charge in [-0.3, -0.25) is 0 Å². The maximum absolute atomic E-state index is 5.42. The summed E-state index contributed by atoms with van der Waals surface area (Å²) in [5.41, 5.74) is 1.40. The molecule has 0 aromatic rings. The highest BCUT2D eigenvalue weighted by Crippen LogP contribution is 2.23. The van der Waals surface area contributed by atoms with Gasteiger partial charge in [0.25, 0.3) is 0 Å². The first kappa shape index (κ1) is 8.02. The second-order valence-corrected chi connectivity index (χ2v) is 3.34. The van der Waals surface area contributed by atoms with E-state index < -0.39 is 0 Å². The summed E-state index contributed by atoms with van der Waals surface area (Å²) in [5, 5.41) is 3.44. The van der Waals surface area contributed by atoms with E-state index in [0.29, 0.717) is 12.1 Å². The van der Waals surface area contributed by atoms with Gasteiger partial charge >= 0.3 is 0 Å². The van der Waals surface area contributed by atoms with Crippen LogP contribution in [0.2, 0.25) is 0 Å². The first-order valence-corrected chi connectivity index (χ1v) is 4.54. The fourth-order valence-electron chi connectivity index (χ4n) is 1.99. The van der Waals surface area contributed by atoms with Crippen molar-refractivity contribution in [2.24, 2.45) is 0 Å². The van der Waals surface area contributed by atoms with Crippen molar-refractivity contribution in [1.29, 1.82) is 0 Å². The van der Waals surface area contributed by atoms with E-state index in [-0.39, 0.29) is 0 Å². The van der Waals surface area contributed by atoms with Gasteiger partial charge in [-0.05, 0) is 18.4 Å². The average molecular weight is 165 g/mol. The predicted molar refractivity (Wildman–Crippen MR) is 49.0 cm³/mol. The normalized spacial score (nSPS) is 34.2. The zero-order valence-corrected chi connectivity index (χ0v) is 7.42. The number of rotatable bonds is 1. The van der Waals surface area contributed by atoms with Gasteiger partial charge < -0.3 is 10.1 Å². The fourth-order valence-corrected chi connectivity index (χ4v) is 1.99. The number of nitrogens with one attached hydrogen (secondary N) is 1. The van der Waals surface area contributed by atoms with Crippen LogP contribution in [0.15, 0.2) is 23.8 Å². The monoisotopic (exact) mass is 165 g/mol. The molecule has 1 N–H and O–H groups in total. The summed E-state index contributed by atoms with van der Waals surface area (Å²) in [6, 6.07) is 0.439. The largest absolute Gasteiger partial charge is 0.379 e. The minimum atomic E-state index is 0.370. The van der Waals surface area contributed by atoms with E-state index in [0.717, 1.165) is 19.4 Å². The van der Waals surface area contributed by atoms with E-state index in [2.05, 4.69) is 23.5 Å². The van der Waals surface area contributed by atoms with E-state index in [4.69, 9.17) is 4.74 Å². The molecule has 66 valence electrons. The zero-order valence-electron chi connectivity index (χ0n) is 7.42. The third kappa shape index (κ3) is 1.32. The summed E-state index contributed by atoms with van der Waals surface area (Å²) in [4.78, 5) is 0. The molecule has 1 aliphatic carbocycles. The number of hydrogen-bond acceptors (Lipinski definition) is 2. The molecule has 0 amide bonds.